The maximum Gasteiger partial charge on any atom is 0.272 e. The van der Waals surface area contributed by atoms with Crippen LogP contribution in [-0.4, -0.2) is 33.5 Å². The largest absolute Gasteiger partial charge is 0.356 e. The molecule has 7 nitrogen and oxygen atoms in total. The highest BCUT2D eigenvalue weighted by Crippen LogP contribution is 2.36. The number of hydrogen-bond donors (Lipinski definition) is 3. The summed E-state index contributed by atoms with van der Waals surface area (Å²) in [6, 6.07) is 7.48. The predicted molar refractivity (Wildman–Crippen MR) is 111 cm³/mol. The number of rotatable bonds is 7. The zero-order valence-electron chi connectivity index (χ0n) is 17.4. The van der Waals surface area contributed by atoms with Crippen molar-refractivity contribution in [3.8, 4) is 0 Å². The highest BCUT2D eigenvalue weighted by Gasteiger charge is 2.31. The van der Waals surface area contributed by atoms with Gasteiger partial charge in [-0.25, -0.2) is 0 Å². The third-order valence-corrected chi connectivity index (χ3v) is 5.75. The molecular weight excluding hydrogens is 366 g/mol. The summed E-state index contributed by atoms with van der Waals surface area (Å²) in [7, 11) is 0. The van der Waals surface area contributed by atoms with E-state index in [1.807, 2.05) is 24.3 Å². The number of pyridine rings is 1. The van der Waals surface area contributed by atoms with Crippen LogP contribution in [0.25, 0.3) is 0 Å². The van der Waals surface area contributed by atoms with Gasteiger partial charge in [0.05, 0.1) is 11.7 Å². The van der Waals surface area contributed by atoms with Crippen molar-refractivity contribution < 1.29 is 9.59 Å². The van der Waals surface area contributed by atoms with Crippen molar-refractivity contribution in [1.29, 1.82) is 0 Å². The monoisotopic (exact) mass is 397 g/mol. The summed E-state index contributed by atoms with van der Waals surface area (Å²) in [5.41, 5.74) is 2.24. The summed E-state index contributed by atoms with van der Waals surface area (Å²) in [6.07, 6.45) is 5.81. The van der Waals surface area contributed by atoms with Gasteiger partial charge in [0.2, 0.25) is 5.91 Å². The smallest absolute Gasteiger partial charge is 0.272 e. The normalized spacial score (nSPS) is 20.3. The second-order valence-corrected chi connectivity index (χ2v) is 8.29. The van der Waals surface area contributed by atoms with Crippen LogP contribution in [-0.2, 0) is 4.79 Å². The molecule has 156 valence electrons. The van der Waals surface area contributed by atoms with E-state index in [2.05, 4.69) is 39.7 Å². The third kappa shape index (κ3) is 5.65. The molecule has 1 fully saturated rings. The summed E-state index contributed by atoms with van der Waals surface area (Å²) in [6.45, 7) is 6.41. The number of hydrogen-bond acceptors (Lipinski definition) is 4. The molecule has 1 atom stereocenters. The molecule has 2 heterocycles. The van der Waals surface area contributed by atoms with E-state index in [-0.39, 0.29) is 23.8 Å². The molecule has 0 bridgehead atoms. The fourth-order valence-electron chi connectivity index (χ4n) is 3.97. The first-order chi connectivity index (χ1) is 13.9. The Morgan fingerprint density at radius 3 is 2.55 bits per heavy atom. The van der Waals surface area contributed by atoms with Gasteiger partial charge in [0.15, 0.2) is 0 Å². The Labute approximate surface area is 172 Å². The maximum atomic E-state index is 12.9. The van der Waals surface area contributed by atoms with Gasteiger partial charge in [0.1, 0.15) is 5.69 Å². The van der Waals surface area contributed by atoms with Gasteiger partial charge in [-0.15, -0.1) is 0 Å². The zero-order valence-corrected chi connectivity index (χ0v) is 17.4. The van der Waals surface area contributed by atoms with Crippen molar-refractivity contribution in [2.75, 3.05) is 6.54 Å². The first kappa shape index (κ1) is 21.0. The molecule has 2 aromatic rings. The van der Waals surface area contributed by atoms with Crippen LogP contribution in [0.5, 0.6) is 0 Å². The number of H-pyrrole nitrogens is 1. The highest BCUT2D eigenvalue weighted by atomic mass is 16.2. The molecule has 0 aromatic carbocycles. The summed E-state index contributed by atoms with van der Waals surface area (Å²) < 4.78 is 0. The van der Waals surface area contributed by atoms with Gasteiger partial charge in [-0.1, -0.05) is 19.9 Å². The molecule has 3 N–H and O–H groups in total. The SMILES string of the molecule is CC(=O)NCC1CCC(C(NC(=O)c2cc(C(C)C)[nH]n2)c2ccccn2)CC1. The lowest BCUT2D eigenvalue weighted by molar-refractivity contribution is -0.119. The van der Waals surface area contributed by atoms with E-state index < -0.39 is 0 Å². The van der Waals surface area contributed by atoms with Crippen molar-refractivity contribution in [1.82, 2.24) is 25.8 Å². The van der Waals surface area contributed by atoms with Crippen molar-refractivity contribution in [2.24, 2.45) is 11.8 Å². The Balaban J connectivity index is 1.69. The van der Waals surface area contributed by atoms with E-state index in [9.17, 15) is 9.59 Å². The predicted octanol–water partition coefficient (Wildman–Crippen LogP) is 3.34. The number of nitrogens with one attached hydrogen (secondary N) is 3. The standard InChI is InChI=1S/C22H31N5O2/c1-14(2)19-12-20(27-26-19)22(29)25-21(18-6-4-5-11-23-18)17-9-7-16(8-10-17)13-24-15(3)28/h4-6,11-12,14,16-17,21H,7-10,13H2,1-3H3,(H,24,28)(H,25,29)(H,26,27). The van der Waals surface area contributed by atoms with Crippen molar-refractivity contribution >= 4 is 11.8 Å². The van der Waals surface area contributed by atoms with Crippen LogP contribution in [0, 0.1) is 11.8 Å². The Morgan fingerprint density at radius 1 is 1.21 bits per heavy atom. The first-order valence-corrected chi connectivity index (χ1v) is 10.5. The lowest BCUT2D eigenvalue weighted by Crippen LogP contribution is -2.37. The first-order valence-electron chi connectivity index (χ1n) is 10.5. The summed E-state index contributed by atoms with van der Waals surface area (Å²) in [4.78, 5) is 28.6. The number of nitrogens with zero attached hydrogens (tertiary/aromatic N) is 2. The van der Waals surface area contributed by atoms with Gasteiger partial charge in [-0.05, 0) is 61.6 Å². The molecule has 1 unspecified atom stereocenters. The summed E-state index contributed by atoms with van der Waals surface area (Å²) in [5, 5.41) is 13.2. The van der Waals surface area contributed by atoms with Crippen LogP contribution >= 0.6 is 0 Å². The van der Waals surface area contributed by atoms with Crippen LogP contribution in [0.2, 0.25) is 0 Å². The van der Waals surface area contributed by atoms with Crippen LogP contribution in [0.3, 0.4) is 0 Å². The molecule has 1 aliphatic rings. The van der Waals surface area contributed by atoms with E-state index in [0.717, 1.165) is 43.6 Å². The highest BCUT2D eigenvalue weighted by molar-refractivity contribution is 5.92. The quantitative estimate of drug-likeness (QED) is 0.667. The molecule has 3 rings (SSSR count). The van der Waals surface area contributed by atoms with E-state index in [1.165, 1.54) is 0 Å². The van der Waals surface area contributed by atoms with Crippen molar-refractivity contribution in [3.05, 3.63) is 47.5 Å². The molecule has 29 heavy (non-hydrogen) atoms. The van der Waals surface area contributed by atoms with Gasteiger partial charge in [-0.2, -0.15) is 5.10 Å². The summed E-state index contributed by atoms with van der Waals surface area (Å²) in [5.74, 6) is 0.935. The van der Waals surface area contributed by atoms with Crippen LogP contribution < -0.4 is 10.6 Å². The van der Waals surface area contributed by atoms with Gasteiger partial charge in [0, 0.05) is 25.4 Å². The Kier molecular flexibility index (Phi) is 7.01. The average Bonchev–Trinajstić information content (AvgIpc) is 3.22. The third-order valence-electron chi connectivity index (χ3n) is 5.75. The second-order valence-electron chi connectivity index (χ2n) is 8.29. The molecule has 0 radical (unpaired) electrons. The molecule has 1 saturated carbocycles. The molecular formula is C22H31N5O2. The fraction of sp³-hybridized carbons (Fsp3) is 0.545. The minimum atomic E-state index is -0.177. The Bertz CT molecular complexity index is 810. The Morgan fingerprint density at radius 2 is 1.97 bits per heavy atom. The number of aromatic amines is 1. The number of carbonyl (C=O) groups excluding carboxylic acids is 2. The second kappa shape index (κ2) is 9.67. The average molecular weight is 398 g/mol. The van der Waals surface area contributed by atoms with Gasteiger partial charge < -0.3 is 10.6 Å². The van der Waals surface area contributed by atoms with Gasteiger partial charge >= 0.3 is 0 Å². The van der Waals surface area contributed by atoms with Crippen LogP contribution in [0.1, 0.15) is 80.3 Å². The molecule has 7 heteroatoms. The number of carbonyl (C=O) groups is 2. The van der Waals surface area contributed by atoms with Crippen LogP contribution in [0.4, 0.5) is 0 Å². The maximum absolute atomic E-state index is 12.9. The zero-order chi connectivity index (χ0) is 20.8. The fourth-order valence-corrected chi connectivity index (χ4v) is 3.97. The molecule has 0 spiro atoms. The molecule has 1 aliphatic carbocycles. The molecule has 0 saturated heterocycles. The minimum Gasteiger partial charge on any atom is -0.356 e. The van der Waals surface area contributed by atoms with Crippen molar-refractivity contribution in [2.45, 2.75) is 58.4 Å². The molecule has 0 aliphatic heterocycles. The summed E-state index contributed by atoms with van der Waals surface area (Å²) >= 11 is 0. The molecule has 2 amide bonds. The van der Waals surface area contributed by atoms with E-state index >= 15 is 0 Å². The number of amides is 2. The minimum absolute atomic E-state index is 0.0190. The Hall–Kier alpha value is -2.70. The lowest BCUT2D eigenvalue weighted by atomic mass is 9.77. The van der Waals surface area contributed by atoms with E-state index in [1.54, 1.807) is 13.1 Å². The van der Waals surface area contributed by atoms with Crippen LogP contribution in [0.15, 0.2) is 30.5 Å². The van der Waals surface area contributed by atoms with Gasteiger partial charge in [-0.3, -0.25) is 19.7 Å². The van der Waals surface area contributed by atoms with E-state index in [4.69, 9.17) is 0 Å². The topological polar surface area (TPSA) is 99.8 Å². The van der Waals surface area contributed by atoms with E-state index in [0.29, 0.717) is 17.5 Å². The van der Waals surface area contributed by atoms with Gasteiger partial charge in [0.25, 0.3) is 5.91 Å². The van der Waals surface area contributed by atoms with Crippen molar-refractivity contribution in [3.63, 3.8) is 0 Å². The molecule has 2 aromatic heterocycles. The lowest BCUT2D eigenvalue weighted by Gasteiger charge is -2.34. The number of aromatic nitrogens is 3.